The van der Waals surface area contributed by atoms with Gasteiger partial charge in [0, 0.05) is 11.7 Å². The van der Waals surface area contributed by atoms with Gasteiger partial charge in [-0.05, 0) is 56.6 Å². The number of rotatable bonds is 2. The lowest BCUT2D eigenvalue weighted by atomic mass is 9.86. The van der Waals surface area contributed by atoms with Gasteiger partial charge in [-0.25, -0.2) is 0 Å². The minimum atomic E-state index is 0.136. The Hall–Kier alpha value is -1.06. The molecule has 4 N–H and O–H groups in total. The summed E-state index contributed by atoms with van der Waals surface area (Å²) in [6.45, 7) is 2.31. The van der Waals surface area contributed by atoms with Gasteiger partial charge in [0.2, 0.25) is 0 Å². The highest BCUT2D eigenvalue weighted by Crippen LogP contribution is 2.29. The summed E-state index contributed by atoms with van der Waals surface area (Å²) in [5, 5.41) is 0. The van der Waals surface area contributed by atoms with Crippen LogP contribution in [0.5, 0.6) is 0 Å². The number of piperidine rings is 1. The number of benzene rings is 1. The molecule has 1 fully saturated rings. The summed E-state index contributed by atoms with van der Waals surface area (Å²) in [4.78, 5) is 2.36. The van der Waals surface area contributed by atoms with Crippen molar-refractivity contribution in [2.24, 2.45) is 11.7 Å². The van der Waals surface area contributed by atoms with Crippen molar-refractivity contribution >= 4 is 5.69 Å². The zero-order valence-corrected chi connectivity index (χ0v) is 9.89. The molecule has 0 aromatic heterocycles. The summed E-state index contributed by atoms with van der Waals surface area (Å²) in [6.07, 6.45) is 2.37. The lowest BCUT2D eigenvalue weighted by Gasteiger charge is -2.32. The molecule has 0 saturated carbocycles. The van der Waals surface area contributed by atoms with Crippen molar-refractivity contribution in [3.05, 3.63) is 29.8 Å². The van der Waals surface area contributed by atoms with Crippen molar-refractivity contribution < 1.29 is 0 Å². The van der Waals surface area contributed by atoms with E-state index in [0.717, 1.165) is 18.8 Å². The highest BCUT2D eigenvalue weighted by atomic mass is 15.1. The Morgan fingerprint density at radius 2 is 2.00 bits per heavy atom. The first-order chi connectivity index (χ1) is 7.66. The van der Waals surface area contributed by atoms with E-state index in [9.17, 15) is 0 Å². The monoisotopic (exact) mass is 219 g/mol. The number of likely N-dealkylation sites (tertiary alicyclic amines) is 1. The van der Waals surface area contributed by atoms with Crippen molar-refractivity contribution in [1.82, 2.24) is 4.90 Å². The van der Waals surface area contributed by atoms with E-state index in [2.05, 4.69) is 18.0 Å². The van der Waals surface area contributed by atoms with E-state index in [1.807, 2.05) is 18.2 Å². The Bertz CT molecular complexity index is 343. The van der Waals surface area contributed by atoms with E-state index in [-0.39, 0.29) is 6.04 Å². The maximum Gasteiger partial charge on any atom is 0.0325 e. The molecule has 88 valence electrons. The van der Waals surface area contributed by atoms with Gasteiger partial charge in [0.05, 0.1) is 0 Å². The van der Waals surface area contributed by atoms with Crippen LogP contribution < -0.4 is 11.5 Å². The van der Waals surface area contributed by atoms with Crippen LogP contribution in [0.4, 0.5) is 5.69 Å². The Kier molecular flexibility index (Phi) is 3.46. The first kappa shape index (κ1) is 11.4. The van der Waals surface area contributed by atoms with Gasteiger partial charge in [0.15, 0.2) is 0 Å². The van der Waals surface area contributed by atoms with Crippen LogP contribution in [0.3, 0.4) is 0 Å². The second-order valence-electron chi connectivity index (χ2n) is 4.84. The molecule has 1 atom stereocenters. The molecule has 0 bridgehead atoms. The number of nitrogens with two attached hydrogens (primary N) is 2. The van der Waals surface area contributed by atoms with Gasteiger partial charge < -0.3 is 16.4 Å². The van der Waals surface area contributed by atoms with Crippen LogP contribution in [-0.2, 0) is 0 Å². The molecule has 1 saturated heterocycles. The molecule has 1 aliphatic rings. The van der Waals surface area contributed by atoms with Crippen LogP contribution in [0, 0.1) is 5.92 Å². The van der Waals surface area contributed by atoms with E-state index < -0.39 is 0 Å². The second kappa shape index (κ2) is 4.85. The SMILES string of the molecule is CN1CCC(C(N)c2cccc(N)c2)CC1. The smallest absolute Gasteiger partial charge is 0.0325 e. The van der Waals surface area contributed by atoms with Crippen molar-refractivity contribution in [2.45, 2.75) is 18.9 Å². The van der Waals surface area contributed by atoms with Crippen molar-refractivity contribution in [1.29, 1.82) is 0 Å². The van der Waals surface area contributed by atoms with Gasteiger partial charge >= 0.3 is 0 Å². The molecule has 16 heavy (non-hydrogen) atoms. The number of anilines is 1. The summed E-state index contributed by atoms with van der Waals surface area (Å²) in [5.74, 6) is 0.595. The standard InChI is InChI=1S/C13H21N3/c1-16-7-5-10(6-8-16)13(15)11-3-2-4-12(14)9-11/h2-4,9-10,13H,5-8,14-15H2,1H3. The number of nitrogens with zero attached hydrogens (tertiary/aromatic N) is 1. The number of hydrogen-bond acceptors (Lipinski definition) is 3. The summed E-state index contributed by atoms with van der Waals surface area (Å²) in [5.41, 5.74) is 14.1. The van der Waals surface area contributed by atoms with E-state index in [4.69, 9.17) is 11.5 Å². The predicted octanol–water partition coefficient (Wildman–Crippen LogP) is 1.61. The summed E-state index contributed by atoms with van der Waals surface area (Å²) >= 11 is 0. The fourth-order valence-corrected chi connectivity index (χ4v) is 2.43. The lowest BCUT2D eigenvalue weighted by Crippen LogP contribution is -2.35. The second-order valence-corrected chi connectivity index (χ2v) is 4.84. The van der Waals surface area contributed by atoms with Crippen molar-refractivity contribution in [3.63, 3.8) is 0 Å². The van der Waals surface area contributed by atoms with Gasteiger partial charge in [-0.3, -0.25) is 0 Å². The van der Waals surface area contributed by atoms with E-state index >= 15 is 0 Å². The topological polar surface area (TPSA) is 55.3 Å². The molecule has 0 aliphatic carbocycles. The van der Waals surface area contributed by atoms with Crippen molar-refractivity contribution in [3.8, 4) is 0 Å². The van der Waals surface area contributed by atoms with Crippen LogP contribution in [0.1, 0.15) is 24.4 Å². The Balaban J connectivity index is 2.04. The fourth-order valence-electron chi connectivity index (χ4n) is 2.43. The molecule has 1 unspecified atom stereocenters. The normalized spacial score (nSPS) is 20.9. The summed E-state index contributed by atoms with van der Waals surface area (Å²) in [6, 6.07) is 8.12. The quantitative estimate of drug-likeness (QED) is 0.743. The third kappa shape index (κ3) is 2.54. The van der Waals surface area contributed by atoms with Crippen LogP contribution in [0.2, 0.25) is 0 Å². The predicted molar refractivity (Wildman–Crippen MR) is 68.0 cm³/mol. The van der Waals surface area contributed by atoms with E-state index in [1.54, 1.807) is 0 Å². The zero-order valence-electron chi connectivity index (χ0n) is 9.89. The average Bonchev–Trinajstić information content (AvgIpc) is 2.29. The fraction of sp³-hybridized carbons (Fsp3) is 0.538. The summed E-state index contributed by atoms with van der Waals surface area (Å²) in [7, 11) is 2.17. The van der Waals surface area contributed by atoms with Crippen molar-refractivity contribution in [2.75, 3.05) is 25.9 Å². The van der Waals surface area contributed by atoms with Gasteiger partial charge in [-0.1, -0.05) is 12.1 Å². The van der Waals surface area contributed by atoms with E-state index in [0.29, 0.717) is 5.92 Å². The number of hydrogen-bond donors (Lipinski definition) is 2. The van der Waals surface area contributed by atoms with Gasteiger partial charge in [-0.2, -0.15) is 0 Å². The van der Waals surface area contributed by atoms with Gasteiger partial charge in [0.1, 0.15) is 0 Å². The molecule has 2 rings (SSSR count). The molecule has 3 heteroatoms. The largest absolute Gasteiger partial charge is 0.399 e. The summed E-state index contributed by atoms with van der Waals surface area (Å²) < 4.78 is 0. The first-order valence-corrected chi connectivity index (χ1v) is 5.96. The molecule has 1 aromatic rings. The zero-order chi connectivity index (χ0) is 11.5. The van der Waals surface area contributed by atoms with E-state index in [1.165, 1.54) is 18.4 Å². The van der Waals surface area contributed by atoms with Crippen LogP contribution in [0.15, 0.2) is 24.3 Å². The average molecular weight is 219 g/mol. The maximum absolute atomic E-state index is 6.31. The number of nitrogen functional groups attached to an aromatic ring is 1. The maximum atomic E-state index is 6.31. The van der Waals surface area contributed by atoms with Crippen LogP contribution in [-0.4, -0.2) is 25.0 Å². The molecule has 1 aliphatic heterocycles. The molecule has 1 heterocycles. The molecule has 1 aromatic carbocycles. The highest BCUT2D eigenvalue weighted by molar-refractivity contribution is 5.41. The molecule has 0 radical (unpaired) electrons. The minimum absolute atomic E-state index is 0.136. The Labute approximate surface area is 97.4 Å². The first-order valence-electron chi connectivity index (χ1n) is 5.96. The Morgan fingerprint density at radius 1 is 1.31 bits per heavy atom. The Morgan fingerprint density at radius 3 is 2.62 bits per heavy atom. The molecule has 0 amide bonds. The molecule has 3 nitrogen and oxygen atoms in total. The van der Waals surface area contributed by atoms with Crippen LogP contribution in [0.25, 0.3) is 0 Å². The third-order valence-corrected chi connectivity index (χ3v) is 3.57. The third-order valence-electron chi connectivity index (χ3n) is 3.57. The van der Waals surface area contributed by atoms with Crippen LogP contribution >= 0.6 is 0 Å². The minimum Gasteiger partial charge on any atom is -0.399 e. The van der Waals surface area contributed by atoms with Gasteiger partial charge in [0.25, 0.3) is 0 Å². The highest BCUT2D eigenvalue weighted by Gasteiger charge is 2.23. The lowest BCUT2D eigenvalue weighted by molar-refractivity contribution is 0.199. The van der Waals surface area contributed by atoms with Gasteiger partial charge in [-0.15, -0.1) is 0 Å². The molecular weight excluding hydrogens is 198 g/mol. The molecular formula is C13H21N3. The molecule has 0 spiro atoms.